The maximum absolute atomic E-state index is 12.1. The Morgan fingerprint density at radius 3 is 2.33 bits per heavy atom. The molecule has 1 aromatic rings. The minimum absolute atomic E-state index is 0.0129. The molecule has 0 radical (unpaired) electrons. The monoisotopic (exact) mass is 311 g/mol. The molecule has 0 aliphatic carbocycles. The van der Waals surface area contributed by atoms with Crippen LogP contribution in [0.1, 0.15) is 39.7 Å². The summed E-state index contributed by atoms with van der Waals surface area (Å²) in [6.45, 7) is 7.35. The summed E-state index contributed by atoms with van der Waals surface area (Å²) in [5.74, 6) is -0.0355. The third-order valence-corrected chi connectivity index (χ3v) is 5.40. The van der Waals surface area contributed by atoms with E-state index in [0.717, 1.165) is 5.56 Å². The largest absolute Gasteiger partial charge is 0.353 e. The van der Waals surface area contributed by atoms with Crippen molar-refractivity contribution < 1.29 is 13.2 Å². The van der Waals surface area contributed by atoms with Gasteiger partial charge in [-0.2, -0.15) is 0 Å². The van der Waals surface area contributed by atoms with Gasteiger partial charge in [-0.3, -0.25) is 4.79 Å². The maximum atomic E-state index is 12.1. The summed E-state index contributed by atoms with van der Waals surface area (Å²) in [6.07, 6.45) is 0.327. The van der Waals surface area contributed by atoms with Crippen LogP contribution >= 0.6 is 0 Å². The van der Waals surface area contributed by atoms with Crippen LogP contribution in [0, 0.1) is 0 Å². The molecule has 0 unspecified atom stereocenters. The highest BCUT2D eigenvalue weighted by Gasteiger charge is 2.25. The third-order valence-electron chi connectivity index (χ3n) is 3.51. The van der Waals surface area contributed by atoms with Crippen molar-refractivity contribution in [3.8, 4) is 0 Å². The molecule has 0 aliphatic heterocycles. The number of hydrogen-bond acceptors (Lipinski definition) is 3. The number of nitrogens with one attached hydrogen (secondary N) is 1. The summed E-state index contributed by atoms with van der Waals surface area (Å²) < 4.78 is 23.1. The first-order chi connectivity index (χ1) is 9.66. The lowest BCUT2D eigenvalue weighted by molar-refractivity contribution is -0.122. The molecular weight excluding hydrogens is 286 g/mol. The summed E-state index contributed by atoms with van der Waals surface area (Å²) in [5.41, 5.74) is 0.809. The van der Waals surface area contributed by atoms with Crippen LogP contribution in [0.4, 0.5) is 0 Å². The van der Waals surface area contributed by atoms with Gasteiger partial charge in [0, 0.05) is 18.2 Å². The summed E-state index contributed by atoms with van der Waals surface area (Å²) >= 11 is 0. The van der Waals surface area contributed by atoms with Crippen LogP contribution in [-0.4, -0.2) is 31.9 Å². The molecule has 0 fully saturated rings. The zero-order chi connectivity index (χ0) is 16.1. The smallest absolute Gasteiger partial charge is 0.221 e. The van der Waals surface area contributed by atoms with Crippen LogP contribution in [0.15, 0.2) is 30.3 Å². The van der Waals surface area contributed by atoms with E-state index in [-0.39, 0.29) is 28.9 Å². The van der Waals surface area contributed by atoms with Crippen LogP contribution in [0.25, 0.3) is 0 Å². The van der Waals surface area contributed by atoms with Crippen molar-refractivity contribution in [2.45, 2.75) is 45.6 Å². The summed E-state index contributed by atoms with van der Waals surface area (Å²) in [4.78, 5) is 12.1. The fourth-order valence-corrected chi connectivity index (χ4v) is 3.34. The first-order valence-electron chi connectivity index (χ1n) is 7.21. The standard InChI is InChI=1S/C16H25NO3S/c1-5-21(19,20)12-13(2)17-15(18)11-16(3,4)14-9-7-6-8-10-14/h6-10,13H,5,11-12H2,1-4H3,(H,17,18)/t13-/m0/s1. The topological polar surface area (TPSA) is 63.2 Å². The van der Waals surface area contributed by atoms with Crippen molar-refractivity contribution in [1.29, 1.82) is 0 Å². The molecule has 0 spiro atoms. The lowest BCUT2D eigenvalue weighted by atomic mass is 9.81. The van der Waals surface area contributed by atoms with Crippen LogP contribution in [-0.2, 0) is 20.0 Å². The highest BCUT2D eigenvalue weighted by atomic mass is 32.2. The molecule has 0 saturated carbocycles. The Kier molecular flexibility index (Phi) is 5.96. The predicted molar refractivity (Wildman–Crippen MR) is 86.0 cm³/mol. The second-order valence-electron chi connectivity index (χ2n) is 6.09. The highest BCUT2D eigenvalue weighted by Crippen LogP contribution is 2.26. The SMILES string of the molecule is CCS(=O)(=O)C[C@H](C)NC(=O)CC(C)(C)c1ccccc1. The fourth-order valence-electron chi connectivity index (χ4n) is 2.26. The molecule has 4 nitrogen and oxygen atoms in total. The first-order valence-corrected chi connectivity index (χ1v) is 9.04. The molecule has 1 atom stereocenters. The molecule has 1 aromatic carbocycles. The van der Waals surface area contributed by atoms with Gasteiger partial charge in [0.05, 0.1) is 5.75 Å². The van der Waals surface area contributed by atoms with Crippen molar-refractivity contribution in [3.05, 3.63) is 35.9 Å². The molecule has 0 bridgehead atoms. The van der Waals surface area contributed by atoms with Crippen molar-refractivity contribution in [2.24, 2.45) is 0 Å². The third kappa shape index (κ3) is 5.87. The van der Waals surface area contributed by atoms with E-state index in [1.54, 1.807) is 13.8 Å². The molecule has 21 heavy (non-hydrogen) atoms. The van der Waals surface area contributed by atoms with Crippen molar-refractivity contribution >= 4 is 15.7 Å². The van der Waals surface area contributed by atoms with Gasteiger partial charge in [-0.1, -0.05) is 51.1 Å². The Balaban J connectivity index is 2.61. The molecule has 5 heteroatoms. The van der Waals surface area contributed by atoms with E-state index in [1.807, 2.05) is 44.2 Å². The molecule has 118 valence electrons. The molecule has 0 heterocycles. The van der Waals surface area contributed by atoms with Crippen LogP contribution in [0.5, 0.6) is 0 Å². The number of carbonyl (C=O) groups is 1. The molecule has 0 aliphatic rings. The second-order valence-corrected chi connectivity index (χ2v) is 8.49. The van der Waals surface area contributed by atoms with Gasteiger partial charge >= 0.3 is 0 Å². The summed E-state index contributed by atoms with van der Waals surface area (Å²) in [6, 6.07) is 9.47. The van der Waals surface area contributed by atoms with E-state index >= 15 is 0 Å². The van der Waals surface area contributed by atoms with Gasteiger partial charge in [0.15, 0.2) is 9.84 Å². The average molecular weight is 311 g/mol. The molecule has 1 N–H and O–H groups in total. The predicted octanol–water partition coefficient (Wildman–Crippen LogP) is 2.29. The van der Waals surface area contributed by atoms with E-state index in [1.165, 1.54) is 0 Å². The van der Waals surface area contributed by atoms with Crippen molar-refractivity contribution in [3.63, 3.8) is 0 Å². The van der Waals surface area contributed by atoms with E-state index in [9.17, 15) is 13.2 Å². The van der Waals surface area contributed by atoms with Gasteiger partial charge in [0.1, 0.15) is 0 Å². The fraction of sp³-hybridized carbons (Fsp3) is 0.562. The molecule has 1 amide bonds. The van der Waals surface area contributed by atoms with Crippen LogP contribution < -0.4 is 5.32 Å². The average Bonchev–Trinajstić information content (AvgIpc) is 2.38. The number of rotatable bonds is 7. The van der Waals surface area contributed by atoms with Crippen LogP contribution in [0.2, 0.25) is 0 Å². The second kappa shape index (κ2) is 7.07. The summed E-state index contributed by atoms with van der Waals surface area (Å²) in [5, 5.41) is 2.78. The molecule has 0 aromatic heterocycles. The normalized spacial score (nSPS) is 13.7. The lowest BCUT2D eigenvalue weighted by Crippen LogP contribution is -2.40. The van der Waals surface area contributed by atoms with Crippen LogP contribution in [0.3, 0.4) is 0 Å². The van der Waals surface area contributed by atoms with Crippen molar-refractivity contribution in [2.75, 3.05) is 11.5 Å². The Hall–Kier alpha value is -1.36. The zero-order valence-electron chi connectivity index (χ0n) is 13.2. The number of amides is 1. The van der Waals surface area contributed by atoms with Gasteiger partial charge in [-0.25, -0.2) is 8.42 Å². The van der Waals surface area contributed by atoms with Gasteiger partial charge in [-0.05, 0) is 17.9 Å². The van der Waals surface area contributed by atoms with E-state index in [2.05, 4.69) is 5.32 Å². The Labute approximate surface area is 127 Å². The number of carbonyl (C=O) groups excluding carboxylic acids is 1. The first kappa shape index (κ1) is 17.7. The Morgan fingerprint density at radius 1 is 1.24 bits per heavy atom. The molecule has 0 saturated heterocycles. The maximum Gasteiger partial charge on any atom is 0.221 e. The Bertz CT molecular complexity index is 564. The highest BCUT2D eigenvalue weighted by molar-refractivity contribution is 7.91. The lowest BCUT2D eigenvalue weighted by Gasteiger charge is -2.25. The van der Waals surface area contributed by atoms with Gasteiger partial charge < -0.3 is 5.32 Å². The number of benzene rings is 1. The number of sulfone groups is 1. The summed E-state index contributed by atoms with van der Waals surface area (Å²) in [7, 11) is -3.07. The van der Waals surface area contributed by atoms with Crippen molar-refractivity contribution in [1.82, 2.24) is 5.32 Å². The van der Waals surface area contributed by atoms with E-state index in [0.29, 0.717) is 6.42 Å². The van der Waals surface area contributed by atoms with E-state index < -0.39 is 9.84 Å². The molecule has 1 rings (SSSR count). The van der Waals surface area contributed by atoms with Gasteiger partial charge in [0.2, 0.25) is 5.91 Å². The molecular formula is C16H25NO3S. The number of hydrogen-bond donors (Lipinski definition) is 1. The van der Waals surface area contributed by atoms with Gasteiger partial charge in [0.25, 0.3) is 0 Å². The Morgan fingerprint density at radius 2 is 1.81 bits per heavy atom. The van der Waals surface area contributed by atoms with E-state index in [4.69, 9.17) is 0 Å². The minimum Gasteiger partial charge on any atom is -0.353 e. The quantitative estimate of drug-likeness (QED) is 0.840. The van der Waals surface area contributed by atoms with Gasteiger partial charge in [-0.15, -0.1) is 0 Å². The minimum atomic E-state index is -3.07. The zero-order valence-corrected chi connectivity index (χ0v) is 14.0.